The van der Waals surface area contributed by atoms with Crippen molar-refractivity contribution < 1.29 is 5.11 Å². The maximum absolute atomic E-state index is 10.5. The molecule has 1 N–H and O–H groups in total. The lowest BCUT2D eigenvalue weighted by atomic mass is 9.77. The number of pyridine rings is 1. The molecule has 1 heterocycles. The van der Waals surface area contributed by atoms with Crippen LogP contribution in [0, 0.1) is 0 Å². The number of hydrogen-bond acceptors (Lipinski definition) is 2. The Labute approximate surface area is 119 Å². The number of aliphatic hydroxyl groups is 1. The fourth-order valence-electron chi connectivity index (χ4n) is 2.09. The van der Waals surface area contributed by atoms with Gasteiger partial charge in [-0.15, -0.1) is 0 Å². The van der Waals surface area contributed by atoms with Crippen LogP contribution < -0.4 is 0 Å². The second kappa shape index (κ2) is 5.72. The van der Waals surface area contributed by atoms with Crippen LogP contribution >= 0.6 is 11.6 Å². The number of aliphatic hydroxyl groups excluding tert-OH is 1. The molecule has 2 aromatic rings. The molecule has 1 aromatic carbocycles. The van der Waals surface area contributed by atoms with Crippen molar-refractivity contribution in [3.05, 3.63) is 64.9 Å². The Morgan fingerprint density at radius 3 is 2.53 bits per heavy atom. The molecule has 0 aliphatic carbocycles. The molecule has 0 amide bonds. The van der Waals surface area contributed by atoms with Gasteiger partial charge in [-0.05, 0) is 17.2 Å². The highest BCUT2D eigenvalue weighted by Gasteiger charge is 2.30. The van der Waals surface area contributed by atoms with Gasteiger partial charge in [0, 0.05) is 24.2 Å². The van der Waals surface area contributed by atoms with E-state index in [1.807, 2.05) is 50.2 Å². The van der Waals surface area contributed by atoms with Crippen molar-refractivity contribution in [1.29, 1.82) is 0 Å². The van der Waals surface area contributed by atoms with E-state index in [-0.39, 0.29) is 5.41 Å². The summed E-state index contributed by atoms with van der Waals surface area (Å²) in [5.41, 5.74) is 1.72. The zero-order valence-electron chi connectivity index (χ0n) is 11.2. The fourth-order valence-corrected chi connectivity index (χ4v) is 2.29. The van der Waals surface area contributed by atoms with Gasteiger partial charge in [-0.25, -0.2) is 0 Å². The van der Waals surface area contributed by atoms with E-state index in [4.69, 9.17) is 11.6 Å². The normalized spacial score (nSPS) is 13.3. The largest absolute Gasteiger partial charge is 0.392 e. The molecule has 1 unspecified atom stereocenters. The summed E-state index contributed by atoms with van der Waals surface area (Å²) in [6.45, 7) is 4.09. The van der Waals surface area contributed by atoms with Crippen LogP contribution in [0.3, 0.4) is 0 Å². The number of rotatable bonds is 4. The van der Waals surface area contributed by atoms with Gasteiger partial charge >= 0.3 is 0 Å². The number of benzene rings is 1. The number of hydrogen-bond donors (Lipinski definition) is 1. The third kappa shape index (κ3) is 3.14. The highest BCUT2D eigenvalue weighted by Crippen LogP contribution is 2.30. The summed E-state index contributed by atoms with van der Waals surface area (Å²) in [5.74, 6) is 0. The zero-order chi connectivity index (χ0) is 13.9. The molecule has 2 nitrogen and oxygen atoms in total. The summed E-state index contributed by atoms with van der Waals surface area (Å²) in [4.78, 5) is 3.96. The maximum Gasteiger partial charge on any atom is 0.0672 e. The van der Waals surface area contributed by atoms with Crippen molar-refractivity contribution in [2.45, 2.75) is 31.8 Å². The van der Waals surface area contributed by atoms with Gasteiger partial charge in [0.15, 0.2) is 0 Å². The minimum Gasteiger partial charge on any atom is -0.392 e. The zero-order valence-corrected chi connectivity index (χ0v) is 11.9. The highest BCUT2D eigenvalue weighted by molar-refractivity contribution is 6.31. The second-order valence-corrected chi connectivity index (χ2v) is 5.68. The predicted molar refractivity (Wildman–Crippen MR) is 78.4 cm³/mol. The van der Waals surface area contributed by atoms with E-state index < -0.39 is 6.10 Å². The lowest BCUT2D eigenvalue weighted by Crippen LogP contribution is -2.35. The molecule has 0 bridgehead atoms. The van der Waals surface area contributed by atoms with E-state index in [0.717, 1.165) is 11.1 Å². The molecular formula is C16H18ClNO. The third-order valence-electron chi connectivity index (χ3n) is 3.62. The molecule has 0 saturated carbocycles. The van der Waals surface area contributed by atoms with E-state index in [9.17, 15) is 5.11 Å². The van der Waals surface area contributed by atoms with Crippen molar-refractivity contribution in [1.82, 2.24) is 4.98 Å². The van der Waals surface area contributed by atoms with Crippen LogP contribution in [0.25, 0.3) is 0 Å². The summed E-state index contributed by atoms with van der Waals surface area (Å²) in [7, 11) is 0. The molecular weight excluding hydrogens is 258 g/mol. The number of aromatic nitrogens is 1. The molecule has 0 spiro atoms. The van der Waals surface area contributed by atoms with Gasteiger partial charge < -0.3 is 5.11 Å². The van der Waals surface area contributed by atoms with E-state index in [0.29, 0.717) is 11.4 Å². The Kier molecular flexibility index (Phi) is 4.23. The van der Waals surface area contributed by atoms with Crippen LogP contribution in [0.2, 0.25) is 5.02 Å². The number of nitrogens with zero attached hydrogens (tertiary/aromatic N) is 1. The van der Waals surface area contributed by atoms with Crippen LogP contribution in [0.5, 0.6) is 0 Å². The Morgan fingerprint density at radius 2 is 1.89 bits per heavy atom. The molecule has 0 aliphatic rings. The summed E-state index contributed by atoms with van der Waals surface area (Å²) < 4.78 is 0. The van der Waals surface area contributed by atoms with E-state index >= 15 is 0 Å². The summed E-state index contributed by atoms with van der Waals surface area (Å²) in [6.07, 6.45) is 3.32. The van der Waals surface area contributed by atoms with Gasteiger partial charge in [-0.2, -0.15) is 0 Å². The molecule has 100 valence electrons. The standard InChI is InChI=1S/C16H18ClNO/c1-16(2,13-6-4-3-5-7-13)15(19)10-12-8-9-18-11-14(12)17/h3-9,11,15,19H,10H2,1-2H3. The van der Waals surface area contributed by atoms with E-state index in [1.54, 1.807) is 12.4 Å². The van der Waals surface area contributed by atoms with E-state index in [2.05, 4.69) is 4.98 Å². The Hall–Kier alpha value is -1.38. The fraction of sp³-hybridized carbons (Fsp3) is 0.312. The minimum absolute atomic E-state index is 0.326. The first-order valence-corrected chi connectivity index (χ1v) is 6.71. The van der Waals surface area contributed by atoms with Crippen LogP contribution in [0.4, 0.5) is 0 Å². The Bertz CT molecular complexity index is 539. The van der Waals surface area contributed by atoms with Crippen molar-refractivity contribution in [2.24, 2.45) is 0 Å². The molecule has 0 radical (unpaired) electrons. The average molecular weight is 276 g/mol. The predicted octanol–water partition coefficient (Wildman–Crippen LogP) is 3.62. The molecule has 0 saturated heterocycles. The molecule has 3 heteroatoms. The first kappa shape index (κ1) is 14.0. The smallest absolute Gasteiger partial charge is 0.0672 e. The van der Waals surface area contributed by atoms with Gasteiger partial charge in [0.1, 0.15) is 0 Å². The summed E-state index contributed by atoms with van der Waals surface area (Å²) in [6, 6.07) is 11.9. The van der Waals surface area contributed by atoms with Gasteiger partial charge in [-0.1, -0.05) is 55.8 Å². The highest BCUT2D eigenvalue weighted by atomic mass is 35.5. The van der Waals surface area contributed by atoms with E-state index in [1.165, 1.54) is 0 Å². The third-order valence-corrected chi connectivity index (χ3v) is 3.96. The maximum atomic E-state index is 10.5. The van der Waals surface area contributed by atoms with Crippen molar-refractivity contribution in [3.63, 3.8) is 0 Å². The molecule has 19 heavy (non-hydrogen) atoms. The summed E-state index contributed by atoms with van der Waals surface area (Å²) in [5, 5.41) is 11.1. The quantitative estimate of drug-likeness (QED) is 0.925. The molecule has 0 fully saturated rings. The van der Waals surface area contributed by atoms with Crippen LogP contribution in [-0.4, -0.2) is 16.2 Å². The van der Waals surface area contributed by atoms with Gasteiger partial charge in [0.25, 0.3) is 0 Å². The first-order chi connectivity index (χ1) is 9.01. The second-order valence-electron chi connectivity index (χ2n) is 5.27. The minimum atomic E-state index is -0.505. The topological polar surface area (TPSA) is 33.1 Å². The average Bonchev–Trinajstić information content (AvgIpc) is 2.42. The monoisotopic (exact) mass is 275 g/mol. The van der Waals surface area contributed by atoms with Crippen LogP contribution in [0.15, 0.2) is 48.8 Å². The first-order valence-electron chi connectivity index (χ1n) is 6.34. The van der Waals surface area contributed by atoms with Crippen molar-refractivity contribution >= 4 is 11.6 Å². The van der Waals surface area contributed by atoms with Crippen LogP contribution in [-0.2, 0) is 11.8 Å². The van der Waals surface area contributed by atoms with Crippen molar-refractivity contribution in [3.8, 4) is 0 Å². The molecule has 1 aromatic heterocycles. The molecule has 2 rings (SSSR count). The van der Waals surface area contributed by atoms with Crippen molar-refractivity contribution in [2.75, 3.05) is 0 Å². The number of halogens is 1. The molecule has 1 atom stereocenters. The Morgan fingerprint density at radius 1 is 1.21 bits per heavy atom. The lowest BCUT2D eigenvalue weighted by Gasteiger charge is -2.31. The molecule has 0 aliphatic heterocycles. The van der Waals surface area contributed by atoms with Gasteiger partial charge in [0.2, 0.25) is 0 Å². The van der Waals surface area contributed by atoms with Crippen LogP contribution in [0.1, 0.15) is 25.0 Å². The van der Waals surface area contributed by atoms with Gasteiger partial charge in [-0.3, -0.25) is 4.98 Å². The Balaban J connectivity index is 2.20. The summed E-state index contributed by atoms with van der Waals surface area (Å²) >= 11 is 6.09. The lowest BCUT2D eigenvalue weighted by molar-refractivity contribution is 0.1000. The SMILES string of the molecule is CC(C)(c1ccccc1)C(O)Cc1ccncc1Cl. The van der Waals surface area contributed by atoms with Gasteiger partial charge in [0.05, 0.1) is 11.1 Å².